The maximum atomic E-state index is 10.0. The highest BCUT2D eigenvalue weighted by Crippen LogP contribution is 2.44. The highest BCUT2D eigenvalue weighted by molar-refractivity contribution is 5.83. The van der Waals surface area contributed by atoms with Crippen LogP contribution in [0.2, 0.25) is 0 Å². The van der Waals surface area contributed by atoms with E-state index in [-0.39, 0.29) is 18.7 Å². The largest absolute Gasteiger partial charge is 0.392 e. The summed E-state index contributed by atoms with van der Waals surface area (Å²) in [6.07, 6.45) is 3.29. The number of anilines is 1. The first-order valence-corrected chi connectivity index (χ1v) is 12.5. The van der Waals surface area contributed by atoms with Crippen molar-refractivity contribution in [3.05, 3.63) is 137 Å². The van der Waals surface area contributed by atoms with Gasteiger partial charge in [0.15, 0.2) is 12.1 Å². The van der Waals surface area contributed by atoms with Crippen molar-refractivity contribution in [3.63, 3.8) is 0 Å². The van der Waals surface area contributed by atoms with Crippen LogP contribution in [0.5, 0.6) is 0 Å². The van der Waals surface area contributed by atoms with Gasteiger partial charge < -0.3 is 5.11 Å². The fourth-order valence-corrected chi connectivity index (χ4v) is 5.43. The van der Waals surface area contributed by atoms with E-state index in [1.165, 1.54) is 27.9 Å². The van der Waals surface area contributed by atoms with Gasteiger partial charge in [0.25, 0.3) is 0 Å². The molecule has 0 aliphatic carbocycles. The van der Waals surface area contributed by atoms with Gasteiger partial charge in [-0.3, -0.25) is 4.58 Å². The zero-order valence-electron chi connectivity index (χ0n) is 20.5. The summed E-state index contributed by atoms with van der Waals surface area (Å²) in [5, 5.41) is 10.0. The summed E-state index contributed by atoms with van der Waals surface area (Å²) in [5.41, 5.74) is 8.64. The van der Waals surface area contributed by atoms with Crippen LogP contribution in [-0.4, -0.2) is 16.0 Å². The number of hydrogen-bond donors (Lipinski definition) is 1. The minimum absolute atomic E-state index is 0.0453. The van der Waals surface area contributed by atoms with Gasteiger partial charge in [-0.05, 0) is 35.6 Å². The molecule has 0 aromatic heterocycles. The molecule has 2 atom stereocenters. The lowest BCUT2D eigenvalue weighted by atomic mass is 9.91. The minimum atomic E-state index is 0.0453. The molecule has 1 heterocycles. The Labute approximate surface area is 208 Å². The molecule has 4 aromatic carbocycles. The topological polar surface area (TPSA) is 26.5 Å². The number of aryl methyl sites for hydroxylation is 2. The van der Waals surface area contributed by atoms with Crippen LogP contribution in [0.1, 0.15) is 52.4 Å². The van der Waals surface area contributed by atoms with Gasteiger partial charge in [0.1, 0.15) is 12.2 Å². The molecule has 1 aliphatic rings. The smallest absolute Gasteiger partial charge is 0.240 e. The lowest BCUT2D eigenvalue weighted by Crippen LogP contribution is -2.27. The standard InChI is InChI=1S/C32H33N2O/c1-3-25-20-12-13-24(2)30(25)34-23-33(21-28-18-10-11-19-29(28)22-35)31(26-14-6-4-7-15-26)32(34)27-16-8-5-9-17-27/h4-20,23,31-32,35H,3,21-22H2,1-2H3/q+1. The van der Waals surface area contributed by atoms with Crippen molar-refractivity contribution >= 4 is 12.0 Å². The third-order valence-electron chi connectivity index (χ3n) is 7.11. The molecule has 3 heteroatoms. The van der Waals surface area contributed by atoms with Crippen LogP contribution in [0.15, 0.2) is 103 Å². The molecule has 0 bridgehead atoms. The highest BCUT2D eigenvalue weighted by atomic mass is 16.3. The Morgan fingerprint density at radius 3 is 1.97 bits per heavy atom. The van der Waals surface area contributed by atoms with Crippen LogP contribution in [0, 0.1) is 6.92 Å². The van der Waals surface area contributed by atoms with Crippen LogP contribution in [-0.2, 0) is 19.6 Å². The lowest BCUT2D eigenvalue weighted by Gasteiger charge is -2.26. The maximum Gasteiger partial charge on any atom is 0.240 e. The van der Waals surface area contributed by atoms with E-state index in [0.29, 0.717) is 0 Å². The van der Waals surface area contributed by atoms with Gasteiger partial charge in [0.05, 0.1) is 6.61 Å². The molecule has 0 amide bonds. The van der Waals surface area contributed by atoms with Gasteiger partial charge in [0, 0.05) is 11.1 Å². The number of rotatable bonds is 7. The number of hydrogen-bond acceptors (Lipinski definition) is 2. The van der Waals surface area contributed by atoms with Gasteiger partial charge in [-0.15, -0.1) is 0 Å². The lowest BCUT2D eigenvalue weighted by molar-refractivity contribution is -0.578. The molecule has 3 nitrogen and oxygen atoms in total. The number of nitrogens with zero attached hydrogens (tertiary/aromatic N) is 2. The van der Waals surface area contributed by atoms with Gasteiger partial charge in [-0.25, -0.2) is 4.90 Å². The first-order valence-electron chi connectivity index (χ1n) is 12.5. The molecular weight excluding hydrogens is 428 g/mol. The van der Waals surface area contributed by atoms with Crippen LogP contribution >= 0.6 is 0 Å². The molecule has 35 heavy (non-hydrogen) atoms. The number of aliphatic hydroxyl groups is 1. The van der Waals surface area contributed by atoms with Crippen molar-refractivity contribution in [3.8, 4) is 0 Å². The normalized spacial score (nSPS) is 17.5. The second kappa shape index (κ2) is 10.3. The Balaban J connectivity index is 1.71. The van der Waals surface area contributed by atoms with Gasteiger partial charge in [-0.2, -0.15) is 0 Å². The molecule has 4 aromatic rings. The Morgan fingerprint density at radius 1 is 0.714 bits per heavy atom. The van der Waals surface area contributed by atoms with E-state index in [4.69, 9.17) is 0 Å². The van der Waals surface area contributed by atoms with Crippen molar-refractivity contribution in [2.45, 2.75) is 45.5 Å². The van der Waals surface area contributed by atoms with E-state index in [1.807, 2.05) is 12.1 Å². The number of para-hydroxylation sites is 1. The average Bonchev–Trinajstić information content (AvgIpc) is 3.28. The number of aliphatic hydroxyl groups excluding tert-OH is 1. The third-order valence-corrected chi connectivity index (χ3v) is 7.11. The molecule has 5 rings (SSSR count). The Kier molecular flexibility index (Phi) is 6.78. The Bertz CT molecular complexity index is 1310. The summed E-state index contributed by atoms with van der Waals surface area (Å²) < 4.78 is 2.45. The van der Waals surface area contributed by atoms with Crippen molar-refractivity contribution in [1.29, 1.82) is 0 Å². The molecule has 2 unspecified atom stereocenters. The van der Waals surface area contributed by atoms with Crippen molar-refractivity contribution in [2.24, 2.45) is 0 Å². The summed E-state index contributed by atoms with van der Waals surface area (Å²) >= 11 is 0. The fraction of sp³-hybridized carbons (Fsp3) is 0.219. The predicted octanol–water partition coefficient (Wildman–Crippen LogP) is 6.59. The fourth-order valence-electron chi connectivity index (χ4n) is 5.43. The summed E-state index contributed by atoms with van der Waals surface area (Å²) in [4.78, 5) is 2.49. The monoisotopic (exact) mass is 461 g/mol. The molecule has 1 N–H and O–H groups in total. The predicted molar refractivity (Wildman–Crippen MR) is 144 cm³/mol. The van der Waals surface area contributed by atoms with E-state index >= 15 is 0 Å². The summed E-state index contributed by atoms with van der Waals surface area (Å²) in [7, 11) is 0. The van der Waals surface area contributed by atoms with Gasteiger partial charge >= 0.3 is 0 Å². The second-order valence-electron chi connectivity index (χ2n) is 9.27. The quantitative estimate of drug-likeness (QED) is 0.314. The van der Waals surface area contributed by atoms with E-state index in [2.05, 4.69) is 121 Å². The van der Waals surface area contributed by atoms with E-state index in [9.17, 15) is 5.11 Å². The average molecular weight is 462 g/mol. The van der Waals surface area contributed by atoms with Crippen LogP contribution in [0.3, 0.4) is 0 Å². The molecule has 1 aliphatic heterocycles. The Morgan fingerprint density at radius 2 is 1.31 bits per heavy atom. The zero-order chi connectivity index (χ0) is 24.2. The summed E-state index contributed by atoms with van der Waals surface area (Å²) in [5.74, 6) is 0. The summed E-state index contributed by atoms with van der Waals surface area (Å²) in [6, 6.07) is 36.7. The minimum Gasteiger partial charge on any atom is -0.392 e. The maximum absolute atomic E-state index is 10.0. The van der Waals surface area contributed by atoms with E-state index < -0.39 is 0 Å². The first-order chi connectivity index (χ1) is 17.2. The molecular formula is C32H33N2O+. The van der Waals surface area contributed by atoms with Gasteiger partial charge in [0.2, 0.25) is 6.34 Å². The summed E-state index contributed by atoms with van der Waals surface area (Å²) in [6.45, 7) is 5.22. The molecule has 0 radical (unpaired) electrons. The van der Waals surface area contributed by atoms with Crippen LogP contribution in [0.25, 0.3) is 0 Å². The van der Waals surface area contributed by atoms with Crippen LogP contribution in [0.4, 0.5) is 5.69 Å². The molecule has 0 saturated heterocycles. The van der Waals surface area contributed by atoms with Crippen molar-refractivity contribution < 1.29 is 9.68 Å². The van der Waals surface area contributed by atoms with E-state index in [0.717, 1.165) is 24.1 Å². The molecule has 0 fully saturated rings. The molecule has 0 saturated carbocycles. The molecule has 176 valence electrons. The second-order valence-corrected chi connectivity index (χ2v) is 9.27. The third kappa shape index (κ3) is 4.52. The zero-order valence-corrected chi connectivity index (χ0v) is 20.5. The van der Waals surface area contributed by atoms with Crippen LogP contribution < -0.4 is 4.90 Å². The van der Waals surface area contributed by atoms with Crippen molar-refractivity contribution in [2.75, 3.05) is 4.90 Å². The Hall–Kier alpha value is -3.69. The highest BCUT2D eigenvalue weighted by Gasteiger charge is 2.45. The number of benzene rings is 4. The van der Waals surface area contributed by atoms with Gasteiger partial charge in [-0.1, -0.05) is 110 Å². The SMILES string of the molecule is CCc1cccc(C)c1N1C=[N+](Cc2ccccc2CO)C(c2ccccc2)C1c1ccccc1. The van der Waals surface area contributed by atoms with Crippen molar-refractivity contribution in [1.82, 2.24) is 0 Å². The first kappa shape index (κ1) is 23.1. The molecule has 0 spiro atoms. The van der Waals surface area contributed by atoms with E-state index in [1.54, 1.807) is 0 Å².